The standard InChI is InChI=1S/C28H29FN4/c1-18(2)22-8-4-5-10-26(22)32-16-15-25-23(17-32)28(20-11-13-21(30)14-12-20)33(31-25)27-19(3)7-6-9-24(27)29/h4-14,18H,15-17,30H2,1-3H3. The van der Waals surface area contributed by atoms with Crippen molar-refractivity contribution in [1.29, 1.82) is 0 Å². The Kier molecular flexibility index (Phi) is 5.41. The van der Waals surface area contributed by atoms with Crippen LogP contribution in [0.25, 0.3) is 16.9 Å². The number of aryl methyl sites for hydroxylation is 1. The number of fused-ring (bicyclic) bond motifs is 1. The first-order valence-electron chi connectivity index (χ1n) is 11.5. The zero-order chi connectivity index (χ0) is 23.1. The minimum atomic E-state index is -0.270. The lowest BCUT2D eigenvalue weighted by molar-refractivity contribution is 0.608. The number of nitrogen functional groups attached to an aromatic ring is 1. The number of nitrogens with two attached hydrogens (primary N) is 1. The third-order valence-corrected chi connectivity index (χ3v) is 6.52. The van der Waals surface area contributed by atoms with E-state index >= 15 is 4.39 Å². The van der Waals surface area contributed by atoms with E-state index in [9.17, 15) is 0 Å². The molecule has 4 aromatic rings. The molecule has 0 radical (unpaired) electrons. The van der Waals surface area contributed by atoms with Gasteiger partial charge < -0.3 is 10.6 Å². The van der Waals surface area contributed by atoms with Gasteiger partial charge in [0.15, 0.2) is 0 Å². The average molecular weight is 441 g/mol. The Morgan fingerprint density at radius 1 is 0.970 bits per heavy atom. The molecule has 0 atom stereocenters. The van der Waals surface area contributed by atoms with Gasteiger partial charge in [-0.05, 0) is 48.2 Å². The minimum Gasteiger partial charge on any atom is -0.399 e. The van der Waals surface area contributed by atoms with Crippen LogP contribution in [-0.4, -0.2) is 16.3 Å². The van der Waals surface area contributed by atoms with Gasteiger partial charge in [-0.3, -0.25) is 0 Å². The summed E-state index contributed by atoms with van der Waals surface area (Å²) in [6, 6.07) is 21.6. The van der Waals surface area contributed by atoms with Gasteiger partial charge in [-0.15, -0.1) is 0 Å². The molecule has 33 heavy (non-hydrogen) atoms. The van der Waals surface area contributed by atoms with Gasteiger partial charge >= 0.3 is 0 Å². The molecular weight excluding hydrogens is 411 g/mol. The molecule has 0 saturated heterocycles. The summed E-state index contributed by atoms with van der Waals surface area (Å²) in [5.41, 5.74) is 14.7. The molecule has 3 aromatic carbocycles. The van der Waals surface area contributed by atoms with E-state index in [4.69, 9.17) is 10.8 Å². The summed E-state index contributed by atoms with van der Waals surface area (Å²) in [5, 5.41) is 4.95. The van der Waals surface area contributed by atoms with Crippen LogP contribution in [0.4, 0.5) is 15.8 Å². The smallest absolute Gasteiger partial charge is 0.149 e. The highest BCUT2D eigenvalue weighted by molar-refractivity contribution is 5.71. The summed E-state index contributed by atoms with van der Waals surface area (Å²) in [6.45, 7) is 7.99. The van der Waals surface area contributed by atoms with Crippen molar-refractivity contribution in [3.05, 3.63) is 94.9 Å². The normalized spacial score (nSPS) is 13.4. The van der Waals surface area contributed by atoms with E-state index in [-0.39, 0.29) is 5.82 Å². The van der Waals surface area contributed by atoms with E-state index in [1.165, 1.54) is 17.3 Å². The lowest BCUT2D eigenvalue weighted by Gasteiger charge is -2.31. The van der Waals surface area contributed by atoms with Crippen molar-refractivity contribution in [3.8, 4) is 16.9 Å². The number of para-hydroxylation sites is 2. The predicted molar refractivity (Wildman–Crippen MR) is 133 cm³/mol. The van der Waals surface area contributed by atoms with E-state index in [2.05, 4.69) is 43.0 Å². The third kappa shape index (κ3) is 3.78. The second-order valence-electron chi connectivity index (χ2n) is 9.10. The number of hydrogen-bond acceptors (Lipinski definition) is 3. The highest BCUT2D eigenvalue weighted by Crippen LogP contribution is 2.37. The first-order valence-corrected chi connectivity index (χ1v) is 11.5. The molecule has 2 N–H and O–H groups in total. The van der Waals surface area contributed by atoms with E-state index < -0.39 is 0 Å². The Hall–Kier alpha value is -3.60. The van der Waals surface area contributed by atoms with Crippen LogP contribution in [0.5, 0.6) is 0 Å². The fourth-order valence-corrected chi connectivity index (χ4v) is 4.83. The molecule has 5 rings (SSSR count). The second kappa shape index (κ2) is 8.39. The van der Waals surface area contributed by atoms with Crippen LogP contribution in [0.15, 0.2) is 66.7 Å². The van der Waals surface area contributed by atoms with Crippen molar-refractivity contribution < 1.29 is 4.39 Å². The summed E-state index contributed by atoms with van der Waals surface area (Å²) in [4.78, 5) is 2.43. The summed E-state index contributed by atoms with van der Waals surface area (Å²) in [5.74, 6) is 0.163. The molecule has 1 aliphatic heterocycles. The van der Waals surface area contributed by atoms with Crippen LogP contribution in [0.3, 0.4) is 0 Å². The largest absolute Gasteiger partial charge is 0.399 e. The van der Waals surface area contributed by atoms with Gasteiger partial charge in [0.2, 0.25) is 0 Å². The Morgan fingerprint density at radius 3 is 2.45 bits per heavy atom. The van der Waals surface area contributed by atoms with Gasteiger partial charge in [-0.2, -0.15) is 5.10 Å². The molecule has 5 heteroatoms. The molecule has 0 bridgehead atoms. The first-order chi connectivity index (χ1) is 15.9. The van der Waals surface area contributed by atoms with Crippen molar-refractivity contribution in [2.75, 3.05) is 17.2 Å². The number of halogens is 1. The summed E-state index contributed by atoms with van der Waals surface area (Å²) in [7, 11) is 0. The number of benzene rings is 3. The number of nitrogens with zero attached hydrogens (tertiary/aromatic N) is 3. The van der Waals surface area contributed by atoms with Crippen LogP contribution in [0.1, 0.15) is 42.1 Å². The van der Waals surface area contributed by atoms with Crippen LogP contribution < -0.4 is 10.6 Å². The molecule has 0 aliphatic carbocycles. The van der Waals surface area contributed by atoms with Crippen LogP contribution in [0, 0.1) is 12.7 Å². The fraction of sp³-hybridized carbons (Fsp3) is 0.250. The third-order valence-electron chi connectivity index (χ3n) is 6.52. The average Bonchev–Trinajstić information content (AvgIpc) is 3.17. The first kappa shape index (κ1) is 21.3. The molecule has 1 aliphatic rings. The maximum Gasteiger partial charge on any atom is 0.149 e. The van der Waals surface area contributed by atoms with Crippen LogP contribution in [0.2, 0.25) is 0 Å². The number of anilines is 2. The molecule has 1 aromatic heterocycles. The molecule has 0 spiro atoms. The van der Waals surface area contributed by atoms with E-state index in [1.54, 1.807) is 10.7 Å². The Bertz CT molecular complexity index is 1280. The number of aromatic nitrogens is 2. The van der Waals surface area contributed by atoms with Crippen molar-refractivity contribution in [1.82, 2.24) is 9.78 Å². The quantitative estimate of drug-likeness (QED) is 0.381. The van der Waals surface area contributed by atoms with Crippen molar-refractivity contribution in [3.63, 3.8) is 0 Å². The minimum absolute atomic E-state index is 0.270. The number of hydrogen-bond donors (Lipinski definition) is 1. The molecule has 0 saturated carbocycles. The van der Waals surface area contributed by atoms with Gasteiger partial charge in [-0.1, -0.05) is 56.3 Å². The van der Waals surface area contributed by atoms with Crippen molar-refractivity contribution >= 4 is 11.4 Å². The topological polar surface area (TPSA) is 47.1 Å². The lowest BCUT2D eigenvalue weighted by Crippen LogP contribution is -2.31. The van der Waals surface area contributed by atoms with Crippen LogP contribution >= 0.6 is 0 Å². The molecule has 168 valence electrons. The molecule has 2 heterocycles. The van der Waals surface area contributed by atoms with E-state index in [0.29, 0.717) is 17.3 Å². The van der Waals surface area contributed by atoms with Crippen LogP contribution in [-0.2, 0) is 13.0 Å². The molecule has 0 amide bonds. The Balaban J connectivity index is 1.68. The molecule has 0 unspecified atom stereocenters. The summed E-state index contributed by atoms with van der Waals surface area (Å²) < 4.78 is 16.9. The van der Waals surface area contributed by atoms with Gasteiger partial charge in [0.1, 0.15) is 11.5 Å². The zero-order valence-corrected chi connectivity index (χ0v) is 19.3. The summed E-state index contributed by atoms with van der Waals surface area (Å²) in [6.07, 6.45) is 0.810. The highest BCUT2D eigenvalue weighted by atomic mass is 19.1. The maximum absolute atomic E-state index is 15.1. The van der Waals surface area contributed by atoms with Gasteiger partial charge in [-0.25, -0.2) is 9.07 Å². The SMILES string of the molecule is Cc1cccc(F)c1-n1nc2c(c1-c1ccc(N)cc1)CN(c1ccccc1C(C)C)CC2. The van der Waals surface area contributed by atoms with Crippen molar-refractivity contribution in [2.24, 2.45) is 0 Å². The summed E-state index contributed by atoms with van der Waals surface area (Å²) >= 11 is 0. The molecule has 0 fully saturated rings. The van der Waals surface area contributed by atoms with Gasteiger partial charge in [0, 0.05) is 42.0 Å². The van der Waals surface area contributed by atoms with Gasteiger partial charge in [0.05, 0.1) is 11.4 Å². The maximum atomic E-state index is 15.1. The predicted octanol–water partition coefficient (Wildman–Crippen LogP) is 6.26. The van der Waals surface area contributed by atoms with Crippen molar-refractivity contribution in [2.45, 2.75) is 39.7 Å². The Morgan fingerprint density at radius 2 is 1.73 bits per heavy atom. The fourth-order valence-electron chi connectivity index (χ4n) is 4.83. The Labute approximate surface area is 194 Å². The zero-order valence-electron chi connectivity index (χ0n) is 19.3. The number of rotatable bonds is 4. The lowest BCUT2D eigenvalue weighted by atomic mass is 9.96. The van der Waals surface area contributed by atoms with Gasteiger partial charge in [0.25, 0.3) is 0 Å². The molecular formula is C28H29FN4. The molecule has 4 nitrogen and oxygen atoms in total. The second-order valence-corrected chi connectivity index (χ2v) is 9.10. The van der Waals surface area contributed by atoms with E-state index in [1.807, 2.05) is 37.3 Å². The van der Waals surface area contributed by atoms with E-state index in [0.717, 1.165) is 47.6 Å². The monoisotopic (exact) mass is 440 g/mol. The highest BCUT2D eigenvalue weighted by Gasteiger charge is 2.28.